The van der Waals surface area contributed by atoms with Crippen molar-refractivity contribution in [2.45, 2.75) is 18.9 Å². The van der Waals surface area contributed by atoms with Crippen LogP contribution in [-0.4, -0.2) is 42.4 Å². The van der Waals surface area contributed by atoms with Crippen molar-refractivity contribution in [3.05, 3.63) is 24.0 Å². The van der Waals surface area contributed by atoms with E-state index >= 15 is 0 Å². The first-order valence-electron chi connectivity index (χ1n) is 5.67. The number of pyridine rings is 1. The molecule has 1 aromatic rings. The summed E-state index contributed by atoms with van der Waals surface area (Å²) in [5.41, 5.74) is 1.02. The Kier molecular flexibility index (Phi) is 3.58. The third kappa shape index (κ3) is 2.55. The fourth-order valence-corrected chi connectivity index (χ4v) is 2.16. The smallest absolute Gasteiger partial charge is 0.339 e. The van der Waals surface area contributed by atoms with Gasteiger partial charge in [0.05, 0.1) is 11.8 Å². The minimum Gasteiger partial charge on any atom is -0.478 e. The monoisotopic (exact) mass is 236 g/mol. The van der Waals surface area contributed by atoms with Crippen molar-refractivity contribution in [1.29, 1.82) is 0 Å². The lowest BCUT2D eigenvalue weighted by atomic mass is 10.1. The molecule has 0 spiro atoms. The Balaban J connectivity index is 2.15. The zero-order valence-corrected chi connectivity index (χ0v) is 9.80. The van der Waals surface area contributed by atoms with Crippen LogP contribution < -0.4 is 4.90 Å². The SMILES string of the molecule is COC1CCN(c2ccncc2C(=O)O)CC1. The molecular formula is C12H16N2O3. The van der Waals surface area contributed by atoms with Crippen molar-refractivity contribution in [2.24, 2.45) is 0 Å². The zero-order chi connectivity index (χ0) is 12.3. The molecule has 1 fully saturated rings. The quantitative estimate of drug-likeness (QED) is 0.859. The lowest BCUT2D eigenvalue weighted by molar-refractivity contribution is 0.0696. The van der Waals surface area contributed by atoms with Gasteiger partial charge in [0.2, 0.25) is 0 Å². The molecule has 5 nitrogen and oxygen atoms in total. The van der Waals surface area contributed by atoms with Crippen LogP contribution in [0.4, 0.5) is 5.69 Å². The van der Waals surface area contributed by atoms with Gasteiger partial charge in [-0.3, -0.25) is 4.98 Å². The average molecular weight is 236 g/mol. The molecule has 1 N–H and O–H groups in total. The Morgan fingerprint density at radius 2 is 2.24 bits per heavy atom. The second-order valence-corrected chi connectivity index (χ2v) is 4.12. The van der Waals surface area contributed by atoms with E-state index in [2.05, 4.69) is 9.88 Å². The Morgan fingerprint density at radius 3 is 2.82 bits per heavy atom. The third-order valence-electron chi connectivity index (χ3n) is 3.14. The number of hydrogen-bond acceptors (Lipinski definition) is 4. The van der Waals surface area contributed by atoms with Crippen molar-refractivity contribution in [1.82, 2.24) is 4.98 Å². The highest BCUT2D eigenvalue weighted by molar-refractivity contribution is 5.94. The van der Waals surface area contributed by atoms with Crippen LogP contribution in [0.25, 0.3) is 0 Å². The molecule has 1 aromatic heterocycles. The second-order valence-electron chi connectivity index (χ2n) is 4.12. The largest absolute Gasteiger partial charge is 0.478 e. The molecule has 2 heterocycles. The zero-order valence-electron chi connectivity index (χ0n) is 9.80. The fraction of sp³-hybridized carbons (Fsp3) is 0.500. The van der Waals surface area contributed by atoms with Crippen LogP contribution in [0.15, 0.2) is 18.5 Å². The molecule has 0 bridgehead atoms. The van der Waals surface area contributed by atoms with E-state index in [0.717, 1.165) is 31.6 Å². The molecular weight excluding hydrogens is 220 g/mol. The molecule has 0 saturated carbocycles. The molecule has 2 rings (SSSR count). The maximum absolute atomic E-state index is 11.1. The molecule has 0 unspecified atom stereocenters. The van der Waals surface area contributed by atoms with Gasteiger partial charge in [0.25, 0.3) is 0 Å². The molecule has 0 radical (unpaired) electrons. The number of hydrogen-bond donors (Lipinski definition) is 1. The van der Waals surface area contributed by atoms with Crippen molar-refractivity contribution >= 4 is 11.7 Å². The predicted octanol–water partition coefficient (Wildman–Crippen LogP) is 1.40. The first-order chi connectivity index (χ1) is 8.22. The van der Waals surface area contributed by atoms with Gasteiger partial charge in [-0.1, -0.05) is 0 Å². The Labute approximate surface area is 100 Å². The summed E-state index contributed by atoms with van der Waals surface area (Å²) < 4.78 is 5.30. The number of carbonyl (C=O) groups is 1. The van der Waals surface area contributed by atoms with E-state index in [1.54, 1.807) is 19.4 Å². The maximum atomic E-state index is 11.1. The Bertz CT molecular complexity index is 400. The van der Waals surface area contributed by atoms with E-state index < -0.39 is 5.97 Å². The molecule has 0 aliphatic carbocycles. The molecule has 0 atom stereocenters. The van der Waals surface area contributed by atoms with Crippen molar-refractivity contribution in [2.75, 3.05) is 25.1 Å². The summed E-state index contributed by atoms with van der Waals surface area (Å²) in [6.07, 6.45) is 5.18. The Hall–Kier alpha value is -1.62. The van der Waals surface area contributed by atoms with Gasteiger partial charge in [-0.2, -0.15) is 0 Å². The number of methoxy groups -OCH3 is 1. The van der Waals surface area contributed by atoms with Gasteiger partial charge in [0.1, 0.15) is 5.56 Å². The molecule has 92 valence electrons. The summed E-state index contributed by atoms with van der Waals surface area (Å²) in [4.78, 5) is 17.0. The lowest BCUT2D eigenvalue weighted by Crippen LogP contribution is -2.37. The minimum absolute atomic E-state index is 0.267. The lowest BCUT2D eigenvalue weighted by Gasteiger charge is -2.33. The summed E-state index contributed by atoms with van der Waals surface area (Å²) in [7, 11) is 1.72. The number of ether oxygens (including phenoxy) is 1. The number of piperidine rings is 1. The van der Waals surface area contributed by atoms with Gasteiger partial charge >= 0.3 is 5.97 Å². The second kappa shape index (κ2) is 5.14. The molecule has 0 aromatic carbocycles. The van der Waals surface area contributed by atoms with E-state index in [1.807, 2.05) is 0 Å². The van der Waals surface area contributed by atoms with Crippen molar-refractivity contribution in [3.8, 4) is 0 Å². The highest BCUT2D eigenvalue weighted by Gasteiger charge is 2.22. The van der Waals surface area contributed by atoms with Crippen molar-refractivity contribution < 1.29 is 14.6 Å². The molecule has 1 aliphatic rings. The number of aromatic carboxylic acids is 1. The van der Waals surface area contributed by atoms with Crippen LogP contribution in [-0.2, 0) is 4.74 Å². The minimum atomic E-state index is -0.929. The van der Waals surface area contributed by atoms with E-state index in [1.165, 1.54) is 6.20 Å². The number of aromatic nitrogens is 1. The summed E-state index contributed by atoms with van der Waals surface area (Å²) >= 11 is 0. The number of carboxylic acids is 1. The van der Waals surface area contributed by atoms with E-state index in [9.17, 15) is 4.79 Å². The van der Waals surface area contributed by atoms with Crippen LogP contribution in [0.5, 0.6) is 0 Å². The highest BCUT2D eigenvalue weighted by Crippen LogP contribution is 2.24. The first kappa shape index (κ1) is 11.9. The number of nitrogens with zero attached hydrogens (tertiary/aromatic N) is 2. The number of anilines is 1. The first-order valence-corrected chi connectivity index (χ1v) is 5.67. The molecule has 1 saturated heterocycles. The summed E-state index contributed by atoms with van der Waals surface area (Å²) in [6, 6.07) is 1.76. The van der Waals surface area contributed by atoms with E-state index in [0.29, 0.717) is 6.10 Å². The van der Waals surface area contributed by atoms with Crippen LogP contribution in [0, 0.1) is 0 Å². The molecule has 17 heavy (non-hydrogen) atoms. The van der Waals surface area contributed by atoms with Crippen LogP contribution in [0.2, 0.25) is 0 Å². The van der Waals surface area contributed by atoms with Gasteiger partial charge in [-0.15, -0.1) is 0 Å². The molecule has 5 heteroatoms. The van der Waals surface area contributed by atoms with Gasteiger partial charge in [0.15, 0.2) is 0 Å². The highest BCUT2D eigenvalue weighted by atomic mass is 16.5. The van der Waals surface area contributed by atoms with E-state index in [-0.39, 0.29) is 5.56 Å². The third-order valence-corrected chi connectivity index (χ3v) is 3.14. The van der Waals surface area contributed by atoms with E-state index in [4.69, 9.17) is 9.84 Å². The number of carboxylic acid groups (broad SMARTS) is 1. The normalized spacial score (nSPS) is 17.1. The van der Waals surface area contributed by atoms with Gasteiger partial charge in [0, 0.05) is 32.6 Å². The van der Waals surface area contributed by atoms with Crippen LogP contribution in [0.1, 0.15) is 23.2 Å². The van der Waals surface area contributed by atoms with Crippen LogP contribution in [0.3, 0.4) is 0 Å². The fourth-order valence-electron chi connectivity index (χ4n) is 2.16. The van der Waals surface area contributed by atoms with Crippen molar-refractivity contribution in [3.63, 3.8) is 0 Å². The molecule has 1 aliphatic heterocycles. The summed E-state index contributed by atoms with van der Waals surface area (Å²) in [5, 5.41) is 9.10. The van der Waals surface area contributed by atoms with Crippen LogP contribution >= 0.6 is 0 Å². The maximum Gasteiger partial charge on any atom is 0.339 e. The summed E-state index contributed by atoms with van der Waals surface area (Å²) in [6.45, 7) is 1.64. The summed E-state index contributed by atoms with van der Waals surface area (Å²) in [5.74, 6) is -0.929. The molecule has 0 amide bonds. The van der Waals surface area contributed by atoms with Gasteiger partial charge < -0.3 is 14.7 Å². The Morgan fingerprint density at radius 1 is 1.53 bits per heavy atom. The average Bonchev–Trinajstić information content (AvgIpc) is 2.39. The number of rotatable bonds is 3. The standard InChI is InChI=1S/C12H16N2O3/c1-17-9-3-6-14(7-4-9)11-2-5-13-8-10(11)12(15)16/h2,5,8-9H,3-4,6-7H2,1H3,(H,15,16). The topological polar surface area (TPSA) is 62.7 Å². The predicted molar refractivity (Wildman–Crippen MR) is 63.4 cm³/mol. The van der Waals surface area contributed by atoms with Gasteiger partial charge in [-0.05, 0) is 18.9 Å². The van der Waals surface area contributed by atoms with Gasteiger partial charge in [-0.25, -0.2) is 4.79 Å².